The van der Waals surface area contributed by atoms with Crippen LogP contribution in [-0.2, 0) is 13.1 Å². The number of hydrogen-bond donors (Lipinski definition) is 0. The molecule has 39 heavy (non-hydrogen) atoms. The molecule has 194 valence electrons. The SMILES string of the molecule is N#Cc1cccc(-c2ccc(=O)n(Cc3cc(-c4ncc(-c5cnn(CCN6CCCC6)c5)cn4)cs3)n2)c1. The first kappa shape index (κ1) is 24.9. The first-order chi connectivity index (χ1) is 19.1. The fourth-order valence-electron chi connectivity index (χ4n) is 4.70. The number of benzene rings is 1. The van der Waals surface area contributed by atoms with Gasteiger partial charge in [0.05, 0.1) is 36.6 Å². The Labute approximate surface area is 229 Å². The first-order valence-electron chi connectivity index (χ1n) is 12.9. The van der Waals surface area contributed by atoms with Crippen LogP contribution in [0.25, 0.3) is 33.8 Å². The Balaban J connectivity index is 1.14. The van der Waals surface area contributed by atoms with E-state index in [0.29, 0.717) is 23.6 Å². The van der Waals surface area contributed by atoms with Crippen molar-refractivity contribution in [2.75, 3.05) is 19.6 Å². The summed E-state index contributed by atoms with van der Waals surface area (Å²) < 4.78 is 3.42. The van der Waals surface area contributed by atoms with Gasteiger partial charge in [0.15, 0.2) is 5.82 Å². The highest BCUT2D eigenvalue weighted by atomic mass is 32.1. The van der Waals surface area contributed by atoms with E-state index in [-0.39, 0.29) is 5.56 Å². The molecule has 1 fully saturated rings. The average Bonchev–Trinajstić information content (AvgIpc) is 3.76. The van der Waals surface area contributed by atoms with Crippen LogP contribution in [0.2, 0.25) is 0 Å². The van der Waals surface area contributed by atoms with E-state index in [2.05, 4.69) is 31.1 Å². The summed E-state index contributed by atoms with van der Waals surface area (Å²) in [6.45, 7) is 4.61. The van der Waals surface area contributed by atoms with Crippen molar-refractivity contribution in [3.05, 3.63) is 93.4 Å². The number of nitriles is 1. The zero-order chi connectivity index (χ0) is 26.6. The van der Waals surface area contributed by atoms with Gasteiger partial charge in [-0.05, 0) is 50.2 Å². The summed E-state index contributed by atoms with van der Waals surface area (Å²) in [5, 5.41) is 20.2. The van der Waals surface area contributed by atoms with Gasteiger partial charge in [-0.1, -0.05) is 12.1 Å². The molecule has 1 aliphatic heterocycles. The van der Waals surface area contributed by atoms with E-state index in [1.165, 1.54) is 48.0 Å². The van der Waals surface area contributed by atoms with Gasteiger partial charge in [0.1, 0.15) is 0 Å². The standard InChI is InChI=1S/C29H26N8OS/c30-14-21-4-3-5-22(12-21)27-6-7-28(38)37(34-27)19-26-13-23(20-39-26)29-31-15-24(16-32-29)25-17-33-36(18-25)11-10-35-8-1-2-9-35/h3-7,12-13,15-18,20H,1-2,8-11,19H2. The second kappa shape index (κ2) is 11.1. The molecule has 6 rings (SSSR count). The van der Waals surface area contributed by atoms with Gasteiger partial charge in [-0.2, -0.15) is 15.5 Å². The third kappa shape index (κ3) is 5.70. The molecular formula is C29H26N8OS. The summed E-state index contributed by atoms with van der Waals surface area (Å²) in [4.78, 5) is 25.1. The summed E-state index contributed by atoms with van der Waals surface area (Å²) in [7, 11) is 0. The lowest BCUT2D eigenvalue weighted by atomic mass is 10.1. The van der Waals surface area contributed by atoms with Crippen molar-refractivity contribution < 1.29 is 0 Å². The maximum absolute atomic E-state index is 12.5. The van der Waals surface area contributed by atoms with Crippen LogP contribution in [0.1, 0.15) is 23.3 Å². The largest absolute Gasteiger partial charge is 0.301 e. The highest BCUT2D eigenvalue weighted by molar-refractivity contribution is 7.10. The zero-order valence-electron chi connectivity index (χ0n) is 21.3. The molecule has 1 aromatic carbocycles. The molecule has 0 amide bonds. The van der Waals surface area contributed by atoms with Gasteiger partial charge in [0.25, 0.3) is 5.56 Å². The molecule has 1 aliphatic rings. The molecule has 0 atom stereocenters. The van der Waals surface area contributed by atoms with Gasteiger partial charge >= 0.3 is 0 Å². The van der Waals surface area contributed by atoms with E-state index >= 15 is 0 Å². The van der Waals surface area contributed by atoms with Crippen LogP contribution in [0.3, 0.4) is 0 Å². The number of thiophene rings is 1. The highest BCUT2D eigenvalue weighted by Crippen LogP contribution is 2.25. The Hall–Kier alpha value is -4.46. The Kier molecular flexibility index (Phi) is 7.08. The summed E-state index contributed by atoms with van der Waals surface area (Å²) in [5.41, 5.74) is 4.61. The minimum Gasteiger partial charge on any atom is -0.301 e. The third-order valence-electron chi connectivity index (χ3n) is 6.83. The maximum atomic E-state index is 12.5. The molecule has 10 heteroatoms. The molecule has 0 saturated carbocycles. The lowest BCUT2D eigenvalue weighted by molar-refractivity contribution is 0.316. The minimum atomic E-state index is -0.188. The lowest BCUT2D eigenvalue weighted by Gasteiger charge is -2.13. The summed E-state index contributed by atoms with van der Waals surface area (Å²) >= 11 is 1.54. The fourth-order valence-corrected chi connectivity index (χ4v) is 5.55. The number of aromatic nitrogens is 6. The number of nitrogens with zero attached hydrogens (tertiary/aromatic N) is 8. The number of rotatable bonds is 8. The van der Waals surface area contributed by atoms with Gasteiger partial charge in [0, 0.05) is 63.7 Å². The van der Waals surface area contributed by atoms with Crippen LogP contribution in [0.5, 0.6) is 0 Å². The molecule has 0 unspecified atom stereocenters. The third-order valence-corrected chi connectivity index (χ3v) is 7.76. The molecule has 4 aromatic heterocycles. The quantitative estimate of drug-likeness (QED) is 0.292. The van der Waals surface area contributed by atoms with Gasteiger partial charge < -0.3 is 4.90 Å². The zero-order valence-corrected chi connectivity index (χ0v) is 22.1. The van der Waals surface area contributed by atoms with Crippen molar-refractivity contribution in [1.82, 2.24) is 34.4 Å². The molecule has 0 spiro atoms. The average molecular weight is 535 g/mol. The predicted molar refractivity (Wildman–Crippen MR) is 150 cm³/mol. The Morgan fingerprint density at radius 2 is 1.77 bits per heavy atom. The van der Waals surface area contributed by atoms with Gasteiger partial charge in [-0.3, -0.25) is 9.48 Å². The Morgan fingerprint density at radius 1 is 0.923 bits per heavy atom. The summed E-state index contributed by atoms with van der Waals surface area (Å²) in [6.07, 6.45) is 10.1. The lowest BCUT2D eigenvalue weighted by Crippen LogP contribution is -2.24. The molecular weight excluding hydrogens is 508 g/mol. The monoisotopic (exact) mass is 534 g/mol. The van der Waals surface area contributed by atoms with Crippen molar-refractivity contribution in [2.24, 2.45) is 0 Å². The van der Waals surface area contributed by atoms with Crippen molar-refractivity contribution in [3.63, 3.8) is 0 Å². The normalized spacial score (nSPS) is 13.5. The van der Waals surface area contributed by atoms with Crippen LogP contribution in [0, 0.1) is 11.3 Å². The van der Waals surface area contributed by atoms with Crippen molar-refractivity contribution >= 4 is 11.3 Å². The fraction of sp³-hybridized carbons (Fsp3) is 0.241. The van der Waals surface area contributed by atoms with Crippen LogP contribution in [-0.4, -0.2) is 54.1 Å². The van der Waals surface area contributed by atoms with E-state index in [1.54, 1.807) is 18.2 Å². The van der Waals surface area contributed by atoms with Crippen LogP contribution in [0.4, 0.5) is 0 Å². The first-order valence-corrected chi connectivity index (χ1v) is 13.8. The molecule has 0 radical (unpaired) electrons. The minimum absolute atomic E-state index is 0.188. The van der Waals surface area contributed by atoms with Crippen LogP contribution < -0.4 is 5.56 Å². The topological polar surface area (TPSA) is 106 Å². The molecule has 0 N–H and O–H groups in total. The van der Waals surface area contributed by atoms with Crippen molar-refractivity contribution in [2.45, 2.75) is 25.9 Å². The molecule has 5 aromatic rings. The summed E-state index contributed by atoms with van der Waals surface area (Å²) in [5.74, 6) is 0.630. The molecule has 0 aliphatic carbocycles. The van der Waals surface area contributed by atoms with Crippen molar-refractivity contribution in [1.29, 1.82) is 5.26 Å². The number of hydrogen-bond acceptors (Lipinski definition) is 8. The number of likely N-dealkylation sites (tertiary alicyclic amines) is 1. The van der Waals surface area contributed by atoms with E-state index in [0.717, 1.165) is 40.2 Å². The van der Waals surface area contributed by atoms with Gasteiger partial charge in [-0.25, -0.2) is 14.6 Å². The Bertz CT molecular complexity index is 1690. The van der Waals surface area contributed by atoms with Crippen LogP contribution >= 0.6 is 11.3 Å². The second-order valence-corrected chi connectivity index (χ2v) is 10.5. The smallest absolute Gasteiger partial charge is 0.267 e. The molecule has 9 nitrogen and oxygen atoms in total. The van der Waals surface area contributed by atoms with Gasteiger partial charge in [0.2, 0.25) is 0 Å². The Morgan fingerprint density at radius 3 is 2.59 bits per heavy atom. The maximum Gasteiger partial charge on any atom is 0.267 e. The molecule has 5 heterocycles. The van der Waals surface area contributed by atoms with E-state index in [9.17, 15) is 10.1 Å². The van der Waals surface area contributed by atoms with Crippen molar-refractivity contribution in [3.8, 4) is 39.8 Å². The van der Waals surface area contributed by atoms with E-state index in [4.69, 9.17) is 0 Å². The predicted octanol–water partition coefficient (Wildman–Crippen LogP) is 4.31. The summed E-state index contributed by atoms with van der Waals surface area (Å²) in [6, 6.07) is 14.5. The molecule has 1 saturated heterocycles. The van der Waals surface area contributed by atoms with E-state index < -0.39 is 0 Å². The second-order valence-electron chi connectivity index (χ2n) is 9.54. The molecule has 0 bridgehead atoms. The van der Waals surface area contributed by atoms with Crippen LogP contribution in [0.15, 0.2) is 77.4 Å². The van der Waals surface area contributed by atoms with Gasteiger partial charge in [-0.15, -0.1) is 11.3 Å². The highest BCUT2D eigenvalue weighted by Gasteiger charge is 2.13. The van der Waals surface area contributed by atoms with E-state index in [1.807, 2.05) is 53.0 Å².